The summed E-state index contributed by atoms with van der Waals surface area (Å²) in [5.41, 5.74) is 1.28. The maximum absolute atomic E-state index is 12.9. The summed E-state index contributed by atoms with van der Waals surface area (Å²) in [6, 6.07) is 12.2. The van der Waals surface area contributed by atoms with E-state index in [1.165, 1.54) is 13.2 Å². The molecule has 1 amide bonds. The third-order valence-corrected chi connectivity index (χ3v) is 5.40. The number of alkyl halides is 2. The molecule has 2 aromatic rings. The quantitative estimate of drug-likeness (QED) is 0.685. The van der Waals surface area contributed by atoms with E-state index in [2.05, 4.69) is 10.1 Å². The molecule has 1 saturated carbocycles. The van der Waals surface area contributed by atoms with E-state index in [-0.39, 0.29) is 17.4 Å². The molecule has 3 rings (SSSR count). The molecule has 0 aromatic heterocycles. The highest BCUT2D eigenvalue weighted by Crippen LogP contribution is 2.44. The van der Waals surface area contributed by atoms with Crippen molar-refractivity contribution in [2.24, 2.45) is 0 Å². The first-order chi connectivity index (χ1) is 13.4. The Hall–Kier alpha value is -2.34. The SMILES string of the molecule is COc1cc(CCNC(=O)C2(c3cccc(Cl)c3)CCC2)ccc1OC(F)F. The van der Waals surface area contributed by atoms with Crippen molar-refractivity contribution in [1.82, 2.24) is 5.32 Å². The molecule has 150 valence electrons. The van der Waals surface area contributed by atoms with Crippen molar-refractivity contribution in [1.29, 1.82) is 0 Å². The standard InChI is InChI=1S/C21H22ClF2NO3/c1-27-18-12-14(6-7-17(18)28-20(23)24)8-11-25-19(26)21(9-3-10-21)15-4-2-5-16(22)13-15/h2,4-7,12-13,20H,3,8-11H2,1H3,(H,25,26). The first kappa shape index (κ1) is 20.4. The zero-order valence-electron chi connectivity index (χ0n) is 15.5. The molecule has 0 atom stereocenters. The lowest BCUT2D eigenvalue weighted by Gasteiger charge is -2.40. The fraction of sp³-hybridized carbons (Fsp3) is 0.381. The van der Waals surface area contributed by atoms with Crippen molar-refractivity contribution in [3.63, 3.8) is 0 Å². The molecule has 1 aliphatic rings. The van der Waals surface area contributed by atoms with Crippen molar-refractivity contribution in [3.05, 3.63) is 58.6 Å². The van der Waals surface area contributed by atoms with Gasteiger partial charge < -0.3 is 14.8 Å². The zero-order valence-corrected chi connectivity index (χ0v) is 16.3. The molecule has 0 spiro atoms. The van der Waals surface area contributed by atoms with Gasteiger partial charge in [0.15, 0.2) is 11.5 Å². The van der Waals surface area contributed by atoms with Crippen molar-refractivity contribution in [2.75, 3.05) is 13.7 Å². The van der Waals surface area contributed by atoms with Crippen LogP contribution < -0.4 is 14.8 Å². The Balaban J connectivity index is 1.62. The molecule has 0 bridgehead atoms. The van der Waals surface area contributed by atoms with Crippen LogP contribution in [0.1, 0.15) is 30.4 Å². The normalized spacial score (nSPS) is 15.0. The zero-order chi connectivity index (χ0) is 20.1. The first-order valence-electron chi connectivity index (χ1n) is 9.11. The molecule has 4 nitrogen and oxygen atoms in total. The van der Waals surface area contributed by atoms with Crippen LogP contribution in [0.25, 0.3) is 0 Å². The minimum atomic E-state index is -2.91. The molecular weight excluding hydrogens is 388 g/mol. The predicted molar refractivity (Wildman–Crippen MR) is 103 cm³/mol. The Morgan fingerprint density at radius 1 is 1.21 bits per heavy atom. The second kappa shape index (κ2) is 8.78. The van der Waals surface area contributed by atoms with Gasteiger partial charge in [0, 0.05) is 11.6 Å². The Labute approximate surface area is 167 Å². The van der Waals surface area contributed by atoms with Gasteiger partial charge in [0.05, 0.1) is 12.5 Å². The van der Waals surface area contributed by atoms with E-state index < -0.39 is 12.0 Å². The van der Waals surface area contributed by atoms with Gasteiger partial charge in [-0.1, -0.05) is 36.2 Å². The summed E-state index contributed by atoms with van der Waals surface area (Å²) in [7, 11) is 1.39. The Morgan fingerprint density at radius 2 is 2.00 bits per heavy atom. The molecule has 7 heteroatoms. The summed E-state index contributed by atoms with van der Waals surface area (Å²) < 4.78 is 34.3. The molecule has 1 aliphatic carbocycles. The van der Waals surface area contributed by atoms with E-state index in [9.17, 15) is 13.6 Å². The van der Waals surface area contributed by atoms with E-state index in [0.717, 1.165) is 30.4 Å². The number of carbonyl (C=O) groups excluding carboxylic acids is 1. The van der Waals surface area contributed by atoms with Gasteiger partial charge in [0.1, 0.15) is 0 Å². The van der Waals surface area contributed by atoms with Crippen LogP contribution in [0.3, 0.4) is 0 Å². The fourth-order valence-corrected chi connectivity index (χ4v) is 3.70. The van der Waals surface area contributed by atoms with Gasteiger partial charge in [-0.05, 0) is 54.7 Å². The van der Waals surface area contributed by atoms with Gasteiger partial charge in [-0.25, -0.2) is 0 Å². The molecule has 0 saturated heterocycles. The monoisotopic (exact) mass is 409 g/mol. The number of benzene rings is 2. The topological polar surface area (TPSA) is 47.6 Å². The lowest BCUT2D eigenvalue weighted by molar-refractivity contribution is -0.129. The summed E-state index contributed by atoms with van der Waals surface area (Å²) in [6.45, 7) is -2.48. The van der Waals surface area contributed by atoms with Gasteiger partial charge in [-0.3, -0.25) is 4.79 Å². The van der Waals surface area contributed by atoms with Crippen molar-refractivity contribution in [3.8, 4) is 11.5 Å². The average molecular weight is 410 g/mol. The van der Waals surface area contributed by atoms with E-state index in [0.29, 0.717) is 18.0 Å². The second-order valence-corrected chi connectivity index (χ2v) is 7.25. The van der Waals surface area contributed by atoms with Gasteiger partial charge in [-0.2, -0.15) is 8.78 Å². The third kappa shape index (κ3) is 4.38. The smallest absolute Gasteiger partial charge is 0.387 e. The third-order valence-electron chi connectivity index (χ3n) is 5.16. The molecule has 1 N–H and O–H groups in total. The van der Waals surface area contributed by atoms with Crippen LogP contribution in [0.4, 0.5) is 8.78 Å². The maximum Gasteiger partial charge on any atom is 0.387 e. The number of hydrogen-bond acceptors (Lipinski definition) is 3. The van der Waals surface area contributed by atoms with Crippen LogP contribution in [0.2, 0.25) is 5.02 Å². The van der Waals surface area contributed by atoms with Crippen molar-refractivity contribution >= 4 is 17.5 Å². The van der Waals surface area contributed by atoms with Crippen LogP contribution in [-0.2, 0) is 16.6 Å². The van der Waals surface area contributed by atoms with Gasteiger partial charge in [-0.15, -0.1) is 0 Å². The van der Waals surface area contributed by atoms with Crippen LogP contribution in [0.5, 0.6) is 11.5 Å². The number of halogens is 3. The minimum absolute atomic E-state index is 0.00867. The fourth-order valence-electron chi connectivity index (χ4n) is 3.51. The van der Waals surface area contributed by atoms with Gasteiger partial charge in [0.2, 0.25) is 5.91 Å². The number of rotatable bonds is 8. The van der Waals surface area contributed by atoms with E-state index in [1.54, 1.807) is 18.2 Å². The molecule has 0 aliphatic heterocycles. The highest BCUT2D eigenvalue weighted by atomic mass is 35.5. The largest absolute Gasteiger partial charge is 0.493 e. The number of hydrogen-bond donors (Lipinski definition) is 1. The molecule has 0 heterocycles. The van der Waals surface area contributed by atoms with Crippen LogP contribution in [0.15, 0.2) is 42.5 Å². The van der Waals surface area contributed by atoms with Crippen LogP contribution >= 0.6 is 11.6 Å². The highest BCUT2D eigenvalue weighted by molar-refractivity contribution is 6.30. The summed E-state index contributed by atoms with van der Waals surface area (Å²) in [5.74, 6) is 0.212. The number of amides is 1. The number of ether oxygens (including phenoxy) is 2. The molecule has 1 fully saturated rings. The summed E-state index contributed by atoms with van der Waals surface area (Å²) >= 11 is 6.09. The van der Waals surface area contributed by atoms with E-state index in [4.69, 9.17) is 16.3 Å². The first-order valence-corrected chi connectivity index (χ1v) is 9.48. The maximum atomic E-state index is 12.9. The Kier molecular flexibility index (Phi) is 6.39. The number of methoxy groups -OCH3 is 1. The lowest BCUT2D eigenvalue weighted by atomic mass is 9.64. The second-order valence-electron chi connectivity index (χ2n) is 6.82. The Morgan fingerprint density at radius 3 is 2.61 bits per heavy atom. The molecule has 0 unspecified atom stereocenters. The summed E-state index contributed by atoms with van der Waals surface area (Å²) in [6.07, 6.45) is 3.14. The summed E-state index contributed by atoms with van der Waals surface area (Å²) in [4.78, 5) is 12.9. The van der Waals surface area contributed by atoms with Crippen LogP contribution in [0, 0.1) is 0 Å². The molecule has 0 radical (unpaired) electrons. The number of nitrogens with one attached hydrogen (secondary N) is 1. The minimum Gasteiger partial charge on any atom is -0.493 e. The van der Waals surface area contributed by atoms with Crippen LogP contribution in [-0.4, -0.2) is 26.2 Å². The lowest BCUT2D eigenvalue weighted by Crippen LogP contribution is -2.49. The van der Waals surface area contributed by atoms with Crippen molar-refractivity contribution in [2.45, 2.75) is 37.7 Å². The highest BCUT2D eigenvalue weighted by Gasteiger charge is 2.45. The van der Waals surface area contributed by atoms with Gasteiger partial charge >= 0.3 is 6.61 Å². The van der Waals surface area contributed by atoms with E-state index in [1.807, 2.05) is 18.2 Å². The molecular formula is C21H22ClF2NO3. The molecule has 28 heavy (non-hydrogen) atoms. The Bertz CT molecular complexity index is 840. The predicted octanol–water partition coefficient (Wildman–Crippen LogP) is 4.73. The van der Waals surface area contributed by atoms with Crippen molar-refractivity contribution < 1.29 is 23.0 Å². The van der Waals surface area contributed by atoms with Gasteiger partial charge in [0.25, 0.3) is 0 Å². The average Bonchev–Trinajstić information content (AvgIpc) is 2.61. The molecule has 2 aromatic carbocycles. The summed E-state index contributed by atoms with van der Waals surface area (Å²) in [5, 5.41) is 3.62. The van der Waals surface area contributed by atoms with E-state index >= 15 is 0 Å². The number of carbonyl (C=O) groups is 1.